The molecular formula is C20H24N6O. The van der Waals surface area contributed by atoms with Crippen LogP contribution in [0.3, 0.4) is 0 Å². The van der Waals surface area contributed by atoms with Crippen LogP contribution in [-0.4, -0.2) is 56.7 Å². The number of fused-ring (bicyclic) bond motifs is 1. The second kappa shape index (κ2) is 6.40. The van der Waals surface area contributed by atoms with Crippen molar-refractivity contribution in [3.8, 4) is 11.3 Å². The quantitative estimate of drug-likeness (QED) is 0.772. The van der Waals surface area contributed by atoms with Gasteiger partial charge in [0.2, 0.25) is 5.91 Å². The third kappa shape index (κ3) is 2.97. The van der Waals surface area contributed by atoms with Crippen molar-refractivity contribution in [1.29, 1.82) is 0 Å². The summed E-state index contributed by atoms with van der Waals surface area (Å²) < 4.78 is 1.92. The number of nitrogens with one attached hydrogen (secondary N) is 1. The van der Waals surface area contributed by atoms with Crippen LogP contribution in [0.1, 0.15) is 19.8 Å². The number of aromatic amines is 1. The summed E-state index contributed by atoms with van der Waals surface area (Å²) in [6, 6.07) is 4.24. The number of anilines is 1. The van der Waals surface area contributed by atoms with E-state index >= 15 is 0 Å². The van der Waals surface area contributed by atoms with E-state index < -0.39 is 0 Å². The Morgan fingerprint density at radius 3 is 2.78 bits per heavy atom. The highest BCUT2D eigenvalue weighted by Crippen LogP contribution is 2.33. The highest BCUT2D eigenvalue weighted by molar-refractivity contribution is 5.94. The van der Waals surface area contributed by atoms with Crippen molar-refractivity contribution < 1.29 is 4.79 Å². The number of hydrogen-bond donors (Lipinski definition) is 1. The smallest absolute Gasteiger partial charge is 0.225 e. The molecule has 1 aliphatic heterocycles. The Hall–Kier alpha value is -2.83. The van der Waals surface area contributed by atoms with E-state index in [0.29, 0.717) is 11.8 Å². The van der Waals surface area contributed by atoms with Gasteiger partial charge in [-0.3, -0.25) is 9.48 Å². The predicted octanol–water partition coefficient (Wildman–Crippen LogP) is 2.50. The highest BCUT2D eigenvalue weighted by atomic mass is 16.2. The molecule has 0 atom stereocenters. The third-order valence-corrected chi connectivity index (χ3v) is 5.64. The van der Waals surface area contributed by atoms with E-state index in [0.717, 1.165) is 67.9 Å². The van der Waals surface area contributed by atoms with Crippen LogP contribution in [0.5, 0.6) is 0 Å². The van der Waals surface area contributed by atoms with E-state index in [1.807, 2.05) is 28.2 Å². The molecular weight excluding hydrogens is 340 g/mol. The molecule has 2 fully saturated rings. The number of rotatable bonds is 4. The molecule has 1 saturated heterocycles. The number of aryl methyl sites for hydroxylation is 1. The number of H-pyrrole nitrogens is 1. The first-order valence-corrected chi connectivity index (χ1v) is 9.77. The third-order valence-electron chi connectivity index (χ3n) is 5.64. The van der Waals surface area contributed by atoms with Gasteiger partial charge < -0.3 is 14.8 Å². The second-order valence-corrected chi connectivity index (χ2v) is 7.45. The van der Waals surface area contributed by atoms with E-state index in [4.69, 9.17) is 0 Å². The van der Waals surface area contributed by atoms with Crippen LogP contribution in [0.4, 0.5) is 5.69 Å². The zero-order valence-corrected chi connectivity index (χ0v) is 15.6. The van der Waals surface area contributed by atoms with Gasteiger partial charge in [0, 0.05) is 67.7 Å². The number of pyridine rings is 1. The van der Waals surface area contributed by atoms with Crippen molar-refractivity contribution in [2.24, 2.45) is 5.92 Å². The van der Waals surface area contributed by atoms with E-state index in [1.54, 1.807) is 0 Å². The average Bonchev–Trinajstić information content (AvgIpc) is 3.28. The molecule has 5 rings (SSSR count). The van der Waals surface area contributed by atoms with Gasteiger partial charge in [-0.15, -0.1) is 0 Å². The summed E-state index contributed by atoms with van der Waals surface area (Å²) >= 11 is 0. The maximum atomic E-state index is 12.3. The molecule has 2 aliphatic rings. The van der Waals surface area contributed by atoms with Crippen LogP contribution in [-0.2, 0) is 11.3 Å². The van der Waals surface area contributed by atoms with Crippen molar-refractivity contribution in [2.75, 3.05) is 31.1 Å². The number of hydrogen-bond acceptors (Lipinski definition) is 4. The fourth-order valence-electron chi connectivity index (χ4n) is 3.88. The number of nitrogens with zero attached hydrogens (tertiary/aromatic N) is 5. The lowest BCUT2D eigenvalue weighted by molar-refractivity contribution is -0.132. The lowest BCUT2D eigenvalue weighted by atomic mass is 10.2. The minimum absolute atomic E-state index is 0.306. The first-order chi connectivity index (χ1) is 13.2. The molecule has 1 N–H and O–H groups in total. The fourth-order valence-corrected chi connectivity index (χ4v) is 3.88. The van der Waals surface area contributed by atoms with Gasteiger partial charge >= 0.3 is 0 Å². The maximum absolute atomic E-state index is 12.3. The monoisotopic (exact) mass is 364 g/mol. The standard InChI is InChI=1S/C20H24N6O/c1-2-26-13-15(12-22-26)17-11-16-18(5-6-21-19(16)23-17)24-7-9-25(10-8-24)20(27)14-3-4-14/h5-6,11-14H,2-4,7-10H2,1H3,(H,21,23). The predicted molar refractivity (Wildman–Crippen MR) is 105 cm³/mol. The van der Waals surface area contributed by atoms with Gasteiger partial charge in [0.1, 0.15) is 5.65 Å². The number of carbonyl (C=O) groups excluding carboxylic acids is 1. The molecule has 1 amide bonds. The molecule has 0 aromatic carbocycles. The van der Waals surface area contributed by atoms with E-state index in [9.17, 15) is 4.79 Å². The maximum Gasteiger partial charge on any atom is 0.225 e. The summed E-state index contributed by atoms with van der Waals surface area (Å²) in [6.45, 7) is 6.28. The molecule has 0 bridgehead atoms. The van der Waals surface area contributed by atoms with E-state index in [-0.39, 0.29) is 0 Å². The Morgan fingerprint density at radius 2 is 2.07 bits per heavy atom. The van der Waals surface area contributed by atoms with Gasteiger partial charge in [-0.25, -0.2) is 4.98 Å². The van der Waals surface area contributed by atoms with Gasteiger partial charge in [-0.05, 0) is 31.9 Å². The van der Waals surface area contributed by atoms with Crippen LogP contribution in [0, 0.1) is 5.92 Å². The van der Waals surface area contributed by atoms with Gasteiger partial charge in [0.15, 0.2) is 0 Å². The average molecular weight is 364 g/mol. The molecule has 1 aliphatic carbocycles. The van der Waals surface area contributed by atoms with Crippen molar-refractivity contribution in [2.45, 2.75) is 26.3 Å². The number of piperazine rings is 1. The molecule has 3 aromatic heterocycles. The Kier molecular flexibility index (Phi) is 3.88. The van der Waals surface area contributed by atoms with Crippen molar-refractivity contribution in [3.05, 3.63) is 30.7 Å². The van der Waals surface area contributed by atoms with Crippen LogP contribution in [0.2, 0.25) is 0 Å². The van der Waals surface area contributed by atoms with E-state index in [1.165, 1.54) is 5.69 Å². The first kappa shape index (κ1) is 16.4. The normalized spacial score (nSPS) is 17.7. The summed E-state index contributed by atoms with van der Waals surface area (Å²) in [6.07, 6.45) is 7.94. The Labute approximate surface area is 158 Å². The van der Waals surface area contributed by atoms with Crippen molar-refractivity contribution in [1.82, 2.24) is 24.6 Å². The van der Waals surface area contributed by atoms with E-state index in [2.05, 4.69) is 39.0 Å². The van der Waals surface area contributed by atoms with Gasteiger partial charge in [-0.1, -0.05) is 0 Å². The van der Waals surface area contributed by atoms with Crippen LogP contribution in [0.25, 0.3) is 22.3 Å². The largest absolute Gasteiger partial charge is 0.367 e. The molecule has 140 valence electrons. The second-order valence-electron chi connectivity index (χ2n) is 7.45. The zero-order valence-electron chi connectivity index (χ0n) is 15.6. The fraction of sp³-hybridized carbons (Fsp3) is 0.450. The summed E-state index contributed by atoms with van der Waals surface area (Å²) in [7, 11) is 0. The lowest BCUT2D eigenvalue weighted by Crippen LogP contribution is -2.49. The first-order valence-electron chi connectivity index (χ1n) is 9.77. The lowest BCUT2D eigenvalue weighted by Gasteiger charge is -2.36. The molecule has 0 unspecified atom stereocenters. The molecule has 1 saturated carbocycles. The minimum Gasteiger partial charge on any atom is -0.367 e. The van der Waals surface area contributed by atoms with Crippen LogP contribution >= 0.6 is 0 Å². The van der Waals surface area contributed by atoms with Gasteiger partial charge in [0.25, 0.3) is 0 Å². The SMILES string of the molecule is CCn1cc(-c2cc3c(N4CCN(C(=O)C5CC5)CC4)ccnc3[nH]2)cn1. The molecule has 27 heavy (non-hydrogen) atoms. The Balaban J connectivity index is 1.39. The molecule has 7 nitrogen and oxygen atoms in total. The van der Waals surface area contributed by atoms with Gasteiger partial charge in [-0.2, -0.15) is 5.10 Å². The summed E-state index contributed by atoms with van der Waals surface area (Å²) in [4.78, 5) is 24.6. The topological polar surface area (TPSA) is 70.1 Å². The van der Waals surface area contributed by atoms with Crippen LogP contribution < -0.4 is 4.90 Å². The molecule has 0 spiro atoms. The Bertz CT molecular complexity index is 977. The summed E-state index contributed by atoms with van der Waals surface area (Å²) in [5, 5.41) is 5.49. The minimum atomic E-state index is 0.306. The molecule has 7 heteroatoms. The summed E-state index contributed by atoms with van der Waals surface area (Å²) in [5.41, 5.74) is 4.18. The number of aromatic nitrogens is 4. The van der Waals surface area contributed by atoms with Gasteiger partial charge in [0.05, 0.1) is 11.9 Å². The number of carbonyl (C=O) groups is 1. The molecule has 3 aromatic rings. The molecule has 0 radical (unpaired) electrons. The highest BCUT2D eigenvalue weighted by Gasteiger charge is 2.34. The Morgan fingerprint density at radius 1 is 1.26 bits per heavy atom. The van der Waals surface area contributed by atoms with Crippen molar-refractivity contribution in [3.63, 3.8) is 0 Å². The zero-order chi connectivity index (χ0) is 18.4. The summed E-state index contributed by atoms with van der Waals surface area (Å²) in [5.74, 6) is 0.659. The van der Waals surface area contributed by atoms with Crippen molar-refractivity contribution >= 4 is 22.6 Å². The number of amides is 1. The van der Waals surface area contributed by atoms with Crippen LogP contribution in [0.15, 0.2) is 30.7 Å². The molecule has 4 heterocycles.